The minimum absolute atomic E-state index is 0.0702. The maximum atomic E-state index is 14.5. The molecule has 0 spiro atoms. The Balaban J connectivity index is 0.971. The van der Waals surface area contributed by atoms with Gasteiger partial charge in [0.15, 0.2) is 0 Å². The van der Waals surface area contributed by atoms with E-state index in [2.05, 4.69) is 32.1 Å². The van der Waals surface area contributed by atoms with Crippen LogP contribution >= 0.6 is 23.4 Å². The van der Waals surface area contributed by atoms with Crippen LogP contribution in [0.15, 0.2) is 131 Å². The lowest BCUT2D eigenvalue weighted by molar-refractivity contribution is -0.137. The Morgan fingerprint density at radius 3 is 2.15 bits per heavy atom. The molecule has 1 amide bonds. The molecular formula is C45H47ClF3N5O3S2. The number of carbonyl (C=O) groups is 1. The summed E-state index contributed by atoms with van der Waals surface area (Å²) in [5.41, 5.74) is 3.13. The predicted molar refractivity (Wildman–Crippen MR) is 232 cm³/mol. The summed E-state index contributed by atoms with van der Waals surface area (Å²) < 4.78 is 72.3. The van der Waals surface area contributed by atoms with Gasteiger partial charge < -0.3 is 15.1 Å². The summed E-state index contributed by atoms with van der Waals surface area (Å²) in [4.78, 5) is 20.4. The van der Waals surface area contributed by atoms with Gasteiger partial charge in [0.25, 0.3) is 15.9 Å². The number of nitrogens with one attached hydrogen (secondary N) is 2. The molecule has 14 heteroatoms. The second-order valence-corrected chi connectivity index (χ2v) is 18.1. The third kappa shape index (κ3) is 11.4. The summed E-state index contributed by atoms with van der Waals surface area (Å²) >= 11 is 7.66. The number of amides is 1. The zero-order valence-electron chi connectivity index (χ0n) is 32.5. The SMILES string of the molecule is O=C(NS(=O)(=O)c1ccc(N[C@H](CCN2CCCC2)CSc2ccccc2)c(C(F)(F)F)c1)c1ccc(N2CCN(Cc3ccccc3-c3ccc(Cl)cc3)CC2)cc1. The van der Waals surface area contributed by atoms with E-state index < -0.39 is 32.6 Å². The van der Waals surface area contributed by atoms with Crippen LogP contribution in [0, 0.1) is 0 Å². The van der Waals surface area contributed by atoms with Crippen LogP contribution in [0.2, 0.25) is 5.02 Å². The van der Waals surface area contributed by atoms with Gasteiger partial charge in [-0.25, -0.2) is 13.1 Å². The van der Waals surface area contributed by atoms with Gasteiger partial charge in [-0.3, -0.25) is 9.69 Å². The molecule has 7 rings (SSSR count). The van der Waals surface area contributed by atoms with Crippen molar-refractivity contribution in [2.45, 2.75) is 47.8 Å². The van der Waals surface area contributed by atoms with Gasteiger partial charge in [-0.1, -0.05) is 66.2 Å². The molecule has 0 unspecified atom stereocenters. The summed E-state index contributed by atoms with van der Waals surface area (Å²) in [6.07, 6.45) is -2.03. The van der Waals surface area contributed by atoms with Crippen LogP contribution in [-0.4, -0.2) is 81.7 Å². The molecule has 0 bridgehead atoms. The number of hydrogen-bond donors (Lipinski definition) is 2. The van der Waals surface area contributed by atoms with Crippen molar-refractivity contribution >= 4 is 50.7 Å². The first-order valence-corrected chi connectivity index (χ1v) is 22.6. The molecule has 8 nitrogen and oxygen atoms in total. The van der Waals surface area contributed by atoms with E-state index in [0.29, 0.717) is 23.3 Å². The van der Waals surface area contributed by atoms with Gasteiger partial charge in [-0.15, -0.1) is 11.8 Å². The lowest BCUT2D eigenvalue weighted by atomic mass is 9.99. The van der Waals surface area contributed by atoms with E-state index in [1.165, 1.54) is 23.3 Å². The van der Waals surface area contributed by atoms with Gasteiger partial charge in [0.05, 0.1) is 10.5 Å². The van der Waals surface area contributed by atoms with Crippen LogP contribution in [0.5, 0.6) is 0 Å². The molecule has 5 aromatic rings. The molecule has 2 heterocycles. The normalized spacial score (nSPS) is 15.9. The lowest BCUT2D eigenvalue weighted by Crippen LogP contribution is -2.46. The number of sulfonamides is 1. The van der Waals surface area contributed by atoms with Gasteiger partial charge in [0.2, 0.25) is 0 Å². The highest BCUT2D eigenvalue weighted by atomic mass is 35.5. The van der Waals surface area contributed by atoms with Gasteiger partial charge in [0.1, 0.15) is 0 Å². The Kier molecular flexibility index (Phi) is 13.9. The molecule has 310 valence electrons. The van der Waals surface area contributed by atoms with E-state index in [9.17, 15) is 26.4 Å². The molecule has 0 aliphatic carbocycles. The second kappa shape index (κ2) is 19.2. The molecular weight excluding hydrogens is 815 g/mol. The molecule has 2 fully saturated rings. The average molecular weight is 862 g/mol. The fourth-order valence-electron chi connectivity index (χ4n) is 7.56. The number of hydrogen-bond acceptors (Lipinski definition) is 8. The van der Waals surface area contributed by atoms with Gasteiger partial charge >= 0.3 is 6.18 Å². The number of halogens is 4. The highest BCUT2D eigenvalue weighted by Gasteiger charge is 2.36. The van der Waals surface area contributed by atoms with E-state index in [1.807, 2.05) is 71.5 Å². The van der Waals surface area contributed by atoms with E-state index in [-0.39, 0.29) is 17.3 Å². The van der Waals surface area contributed by atoms with Crippen molar-refractivity contribution in [3.63, 3.8) is 0 Å². The molecule has 2 N–H and O–H groups in total. The predicted octanol–water partition coefficient (Wildman–Crippen LogP) is 9.53. The maximum Gasteiger partial charge on any atom is 0.418 e. The number of thioether (sulfide) groups is 1. The molecule has 2 aliphatic heterocycles. The summed E-state index contributed by atoms with van der Waals surface area (Å²) in [5, 5.41) is 3.78. The molecule has 0 radical (unpaired) electrons. The van der Waals surface area contributed by atoms with Crippen LogP contribution in [-0.2, 0) is 22.7 Å². The first kappa shape index (κ1) is 42.6. The molecule has 59 heavy (non-hydrogen) atoms. The number of benzene rings is 5. The number of alkyl halides is 3. The summed E-state index contributed by atoms with van der Waals surface area (Å²) in [6, 6.07) is 34.9. The van der Waals surface area contributed by atoms with Gasteiger partial charge in [0, 0.05) is 77.9 Å². The number of likely N-dealkylation sites (tertiary alicyclic amines) is 1. The van der Waals surface area contributed by atoms with Crippen molar-refractivity contribution < 1.29 is 26.4 Å². The first-order valence-electron chi connectivity index (χ1n) is 19.8. The van der Waals surface area contributed by atoms with Crippen LogP contribution < -0.4 is 14.9 Å². The van der Waals surface area contributed by atoms with Crippen molar-refractivity contribution in [1.82, 2.24) is 14.5 Å². The van der Waals surface area contributed by atoms with Crippen LogP contribution in [0.4, 0.5) is 24.5 Å². The van der Waals surface area contributed by atoms with Crippen molar-refractivity contribution in [3.8, 4) is 11.1 Å². The molecule has 2 aliphatic rings. The smallest absolute Gasteiger partial charge is 0.381 e. The number of anilines is 2. The number of rotatable bonds is 15. The van der Waals surface area contributed by atoms with Crippen molar-refractivity contribution in [2.24, 2.45) is 0 Å². The Morgan fingerprint density at radius 2 is 1.46 bits per heavy atom. The fourth-order valence-corrected chi connectivity index (χ4v) is 9.68. The van der Waals surface area contributed by atoms with Gasteiger partial charge in [-0.2, -0.15) is 13.2 Å². The van der Waals surface area contributed by atoms with E-state index >= 15 is 0 Å². The quantitative estimate of drug-likeness (QED) is 0.101. The maximum absolute atomic E-state index is 14.5. The van der Waals surface area contributed by atoms with Crippen LogP contribution in [0.25, 0.3) is 11.1 Å². The van der Waals surface area contributed by atoms with Crippen LogP contribution in [0.3, 0.4) is 0 Å². The van der Waals surface area contributed by atoms with Crippen molar-refractivity contribution in [1.29, 1.82) is 0 Å². The number of carbonyl (C=O) groups excluding carboxylic acids is 1. The molecule has 0 aromatic heterocycles. The summed E-state index contributed by atoms with van der Waals surface area (Å²) in [7, 11) is -4.65. The standard InChI is InChI=1S/C45H47ClF3N5O3S2/c46-36-16-12-33(13-17-36)41-11-5-4-8-35(41)31-53-26-28-54(29-27-53)38-18-14-34(15-19-38)44(55)51-59(56,57)40-20-21-43(42(30-40)45(47,48)49)50-37(22-25-52-23-6-7-24-52)32-58-39-9-2-1-3-10-39/h1-5,8-21,30,37,50H,6-7,22-29,31-32H2,(H,51,55)/t37-/m1/s1. The van der Waals surface area contributed by atoms with E-state index in [0.717, 1.165) is 93.5 Å². The molecule has 2 saturated heterocycles. The van der Waals surface area contributed by atoms with Crippen molar-refractivity contribution in [3.05, 3.63) is 143 Å². The summed E-state index contributed by atoms with van der Waals surface area (Å²) in [6.45, 7) is 6.60. The highest BCUT2D eigenvalue weighted by Crippen LogP contribution is 2.37. The number of piperazine rings is 1. The zero-order valence-corrected chi connectivity index (χ0v) is 34.9. The molecule has 5 aromatic carbocycles. The topological polar surface area (TPSA) is 85.0 Å². The minimum atomic E-state index is -4.85. The molecule has 1 atom stereocenters. The third-order valence-corrected chi connectivity index (χ3v) is 13.6. The fraction of sp³-hybridized carbons (Fsp3) is 0.311. The average Bonchev–Trinajstić information content (AvgIpc) is 3.77. The summed E-state index contributed by atoms with van der Waals surface area (Å²) in [5.74, 6) is -0.419. The van der Waals surface area contributed by atoms with E-state index in [4.69, 9.17) is 11.6 Å². The van der Waals surface area contributed by atoms with E-state index in [1.54, 1.807) is 23.9 Å². The minimum Gasteiger partial charge on any atom is -0.381 e. The van der Waals surface area contributed by atoms with Crippen molar-refractivity contribution in [2.75, 3.05) is 61.8 Å². The Morgan fingerprint density at radius 1 is 0.780 bits per heavy atom. The zero-order chi connectivity index (χ0) is 41.4. The Bertz CT molecular complexity index is 2290. The Labute approximate surface area is 353 Å². The second-order valence-electron chi connectivity index (χ2n) is 14.9. The Hall–Kier alpha value is -4.53. The lowest BCUT2D eigenvalue weighted by Gasteiger charge is -2.36. The largest absolute Gasteiger partial charge is 0.418 e. The highest BCUT2D eigenvalue weighted by molar-refractivity contribution is 7.99. The van der Waals surface area contributed by atoms with Gasteiger partial charge in [-0.05, 0) is 116 Å². The van der Waals surface area contributed by atoms with Crippen LogP contribution in [0.1, 0.15) is 40.7 Å². The first-order chi connectivity index (χ1) is 28.4. The number of nitrogens with zero attached hydrogens (tertiary/aromatic N) is 3. The molecule has 0 saturated carbocycles. The monoisotopic (exact) mass is 861 g/mol. The third-order valence-electron chi connectivity index (χ3n) is 10.8.